The van der Waals surface area contributed by atoms with Crippen LogP contribution in [0, 0.1) is 0 Å². The molecule has 0 amide bonds. The molecule has 0 bridgehead atoms. The van der Waals surface area contributed by atoms with Crippen molar-refractivity contribution in [1.29, 1.82) is 0 Å². The number of thioether (sulfide) groups is 2. The van der Waals surface area contributed by atoms with E-state index in [9.17, 15) is 0 Å². The van der Waals surface area contributed by atoms with E-state index in [0.717, 1.165) is 11.5 Å². The zero-order valence-corrected chi connectivity index (χ0v) is 18.5. The van der Waals surface area contributed by atoms with E-state index in [1.165, 1.54) is 42.8 Å². The van der Waals surface area contributed by atoms with E-state index in [2.05, 4.69) is 98.1 Å². The molecular weight excluding hydrogens is 400 g/mol. The molecule has 2 heteroatoms. The first-order chi connectivity index (χ1) is 14.8. The summed E-state index contributed by atoms with van der Waals surface area (Å²) in [7, 11) is 0. The zero-order valence-electron chi connectivity index (χ0n) is 16.9. The van der Waals surface area contributed by atoms with Crippen molar-refractivity contribution >= 4 is 46.4 Å². The van der Waals surface area contributed by atoms with E-state index >= 15 is 0 Å². The van der Waals surface area contributed by atoms with Crippen molar-refractivity contribution in [2.45, 2.75) is 21.3 Å². The Hall–Kier alpha value is -2.68. The second kappa shape index (κ2) is 9.88. The Labute approximate surface area is 187 Å². The highest BCUT2D eigenvalue weighted by Crippen LogP contribution is 2.34. The SMILES string of the molecule is C=Cc1cccc(CSc2cccc3cc(SCc4ccccc4C=C)ccc23)c1. The van der Waals surface area contributed by atoms with Crippen LogP contribution in [0.1, 0.15) is 22.3 Å². The first kappa shape index (κ1) is 20.6. The van der Waals surface area contributed by atoms with Gasteiger partial charge in [-0.2, -0.15) is 0 Å². The average molecular weight is 425 g/mol. The Morgan fingerprint density at radius 3 is 2.43 bits per heavy atom. The number of hydrogen-bond donors (Lipinski definition) is 0. The lowest BCUT2D eigenvalue weighted by atomic mass is 10.1. The molecule has 0 aliphatic carbocycles. The summed E-state index contributed by atoms with van der Waals surface area (Å²) < 4.78 is 0. The molecule has 0 fully saturated rings. The van der Waals surface area contributed by atoms with Gasteiger partial charge in [-0.15, -0.1) is 23.5 Å². The second-order valence-electron chi connectivity index (χ2n) is 7.07. The van der Waals surface area contributed by atoms with Crippen molar-refractivity contribution in [3.63, 3.8) is 0 Å². The fraction of sp³-hybridized carbons (Fsp3) is 0.0714. The first-order valence-corrected chi connectivity index (χ1v) is 11.9. The third-order valence-corrected chi connectivity index (χ3v) is 7.25. The quantitative estimate of drug-likeness (QED) is 0.259. The van der Waals surface area contributed by atoms with E-state index in [-0.39, 0.29) is 0 Å². The number of hydrogen-bond acceptors (Lipinski definition) is 2. The molecule has 0 unspecified atom stereocenters. The van der Waals surface area contributed by atoms with Crippen molar-refractivity contribution in [2.75, 3.05) is 0 Å². The molecule has 0 atom stereocenters. The van der Waals surface area contributed by atoms with Crippen LogP contribution in [0.5, 0.6) is 0 Å². The molecule has 4 rings (SSSR count). The van der Waals surface area contributed by atoms with Gasteiger partial charge in [0.1, 0.15) is 0 Å². The standard InChI is InChI=1S/C28H24S2/c1-3-21-9-7-10-22(17-21)19-30-28-14-8-13-24-18-26(15-16-27(24)28)29-20-25-12-6-5-11-23(25)4-2/h3-18H,1-2,19-20H2. The molecule has 0 saturated heterocycles. The lowest BCUT2D eigenvalue weighted by molar-refractivity contribution is 1.37. The van der Waals surface area contributed by atoms with Crippen LogP contribution in [-0.4, -0.2) is 0 Å². The highest BCUT2D eigenvalue weighted by molar-refractivity contribution is 7.99. The fourth-order valence-electron chi connectivity index (χ4n) is 3.44. The smallest absolute Gasteiger partial charge is 0.0237 e. The van der Waals surface area contributed by atoms with Crippen molar-refractivity contribution in [3.8, 4) is 0 Å². The van der Waals surface area contributed by atoms with Crippen LogP contribution in [-0.2, 0) is 11.5 Å². The summed E-state index contributed by atoms with van der Waals surface area (Å²) in [5.41, 5.74) is 5.03. The normalized spacial score (nSPS) is 10.8. The maximum atomic E-state index is 3.93. The molecule has 0 spiro atoms. The van der Waals surface area contributed by atoms with Crippen LogP contribution in [0.4, 0.5) is 0 Å². The van der Waals surface area contributed by atoms with Crippen molar-refractivity contribution < 1.29 is 0 Å². The van der Waals surface area contributed by atoms with E-state index < -0.39 is 0 Å². The van der Waals surface area contributed by atoms with Crippen molar-refractivity contribution in [3.05, 3.63) is 120 Å². The van der Waals surface area contributed by atoms with Gasteiger partial charge < -0.3 is 0 Å². The third kappa shape index (κ3) is 4.89. The van der Waals surface area contributed by atoms with Crippen LogP contribution in [0.25, 0.3) is 22.9 Å². The van der Waals surface area contributed by atoms with Gasteiger partial charge in [0.2, 0.25) is 0 Å². The molecule has 0 aromatic heterocycles. The van der Waals surface area contributed by atoms with Crippen LogP contribution in [0.15, 0.2) is 108 Å². The maximum absolute atomic E-state index is 3.93. The fourth-order valence-corrected chi connectivity index (χ4v) is 5.42. The Bertz CT molecular complexity index is 1190. The summed E-state index contributed by atoms with van der Waals surface area (Å²) in [4.78, 5) is 2.62. The van der Waals surface area contributed by atoms with E-state index in [1.807, 2.05) is 35.7 Å². The van der Waals surface area contributed by atoms with Gasteiger partial charge in [-0.25, -0.2) is 0 Å². The predicted molar refractivity (Wildman–Crippen MR) is 136 cm³/mol. The monoisotopic (exact) mass is 424 g/mol. The lowest BCUT2D eigenvalue weighted by Crippen LogP contribution is -1.86. The summed E-state index contributed by atoms with van der Waals surface area (Å²) in [5.74, 6) is 1.90. The highest BCUT2D eigenvalue weighted by atomic mass is 32.2. The molecule has 30 heavy (non-hydrogen) atoms. The van der Waals surface area contributed by atoms with Gasteiger partial charge in [0, 0.05) is 21.3 Å². The Morgan fingerprint density at radius 2 is 1.57 bits per heavy atom. The molecule has 0 saturated carbocycles. The highest BCUT2D eigenvalue weighted by Gasteiger charge is 2.06. The van der Waals surface area contributed by atoms with Gasteiger partial charge >= 0.3 is 0 Å². The Balaban J connectivity index is 1.50. The van der Waals surface area contributed by atoms with Gasteiger partial charge in [-0.1, -0.05) is 92.0 Å². The summed E-state index contributed by atoms with van der Waals surface area (Å²) in [5, 5.41) is 2.61. The first-order valence-electron chi connectivity index (χ1n) is 9.97. The van der Waals surface area contributed by atoms with Crippen LogP contribution >= 0.6 is 23.5 Å². The van der Waals surface area contributed by atoms with E-state index in [0.29, 0.717) is 0 Å². The molecule has 4 aromatic carbocycles. The average Bonchev–Trinajstić information content (AvgIpc) is 2.81. The second-order valence-corrected chi connectivity index (χ2v) is 9.13. The van der Waals surface area contributed by atoms with Gasteiger partial charge in [0.15, 0.2) is 0 Å². The number of benzene rings is 4. The van der Waals surface area contributed by atoms with Gasteiger partial charge in [0.25, 0.3) is 0 Å². The molecule has 0 nitrogen and oxygen atoms in total. The van der Waals surface area contributed by atoms with Crippen LogP contribution in [0.3, 0.4) is 0 Å². The molecule has 0 N–H and O–H groups in total. The zero-order chi connectivity index (χ0) is 20.8. The topological polar surface area (TPSA) is 0 Å². The number of fused-ring (bicyclic) bond motifs is 1. The number of rotatable bonds is 8. The lowest BCUT2D eigenvalue weighted by Gasteiger charge is -2.10. The van der Waals surface area contributed by atoms with Crippen LogP contribution in [0.2, 0.25) is 0 Å². The molecule has 0 aliphatic heterocycles. The molecule has 0 heterocycles. The minimum atomic E-state index is 0.946. The van der Waals surface area contributed by atoms with Gasteiger partial charge in [-0.05, 0) is 51.2 Å². The largest absolute Gasteiger partial charge is 0.121 e. The maximum Gasteiger partial charge on any atom is 0.0237 e. The van der Waals surface area contributed by atoms with E-state index in [1.54, 1.807) is 0 Å². The third-order valence-electron chi connectivity index (χ3n) is 5.06. The summed E-state index contributed by atoms with van der Waals surface area (Å²) in [6, 6.07) is 30.4. The predicted octanol–water partition coefficient (Wildman–Crippen LogP) is 8.71. The summed E-state index contributed by atoms with van der Waals surface area (Å²) >= 11 is 3.77. The molecule has 4 aromatic rings. The van der Waals surface area contributed by atoms with Crippen molar-refractivity contribution in [1.82, 2.24) is 0 Å². The van der Waals surface area contributed by atoms with Gasteiger partial charge in [0.05, 0.1) is 0 Å². The summed E-state index contributed by atoms with van der Waals surface area (Å²) in [6.07, 6.45) is 3.84. The van der Waals surface area contributed by atoms with E-state index in [4.69, 9.17) is 0 Å². The molecule has 148 valence electrons. The molecular formula is C28H24S2. The Morgan fingerprint density at radius 1 is 0.700 bits per heavy atom. The van der Waals surface area contributed by atoms with Crippen LogP contribution < -0.4 is 0 Å². The minimum Gasteiger partial charge on any atom is -0.121 e. The summed E-state index contributed by atoms with van der Waals surface area (Å²) in [6.45, 7) is 7.80. The Kier molecular flexibility index (Phi) is 6.78. The van der Waals surface area contributed by atoms with Gasteiger partial charge in [-0.3, -0.25) is 0 Å². The molecule has 0 aliphatic rings. The van der Waals surface area contributed by atoms with Crippen molar-refractivity contribution in [2.24, 2.45) is 0 Å². The minimum absolute atomic E-state index is 0.946. The molecule has 0 radical (unpaired) electrons.